The Hall–Kier alpha value is -1.22. The highest BCUT2D eigenvalue weighted by molar-refractivity contribution is 5.44. The van der Waals surface area contributed by atoms with Crippen molar-refractivity contribution in [3.63, 3.8) is 0 Å². The second-order valence-electron chi connectivity index (χ2n) is 5.25. The molecular formula is C13H19NO2. The number of aryl methyl sites for hydroxylation is 1. The van der Waals surface area contributed by atoms with Crippen LogP contribution in [0.15, 0.2) is 18.2 Å². The van der Waals surface area contributed by atoms with E-state index in [2.05, 4.69) is 26.1 Å². The van der Waals surface area contributed by atoms with Crippen LogP contribution in [-0.4, -0.2) is 18.4 Å². The van der Waals surface area contributed by atoms with Gasteiger partial charge in [0.1, 0.15) is 0 Å². The summed E-state index contributed by atoms with van der Waals surface area (Å²) in [5.74, 6) is 1.69. The smallest absolute Gasteiger partial charge is 0.253 e. The highest BCUT2D eigenvalue weighted by Crippen LogP contribution is 2.34. The van der Waals surface area contributed by atoms with Crippen molar-refractivity contribution in [2.45, 2.75) is 39.5 Å². The predicted octanol–water partition coefficient (Wildman–Crippen LogP) is 2.48. The van der Waals surface area contributed by atoms with Crippen LogP contribution >= 0.6 is 0 Å². The minimum atomic E-state index is -0.212. The van der Waals surface area contributed by atoms with E-state index in [0.717, 1.165) is 11.5 Å². The molecule has 1 atom stereocenters. The van der Waals surface area contributed by atoms with E-state index in [-0.39, 0.29) is 11.8 Å². The molecule has 88 valence electrons. The van der Waals surface area contributed by atoms with Crippen LogP contribution in [0.5, 0.6) is 11.5 Å². The molecule has 0 saturated heterocycles. The number of nitrogens with one attached hydrogen (secondary N) is 1. The van der Waals surface area contributed by atoms with Crippen LogP contribution in [0.2, 0.25) is 0 Å². The van der Waals surface area contributed by atoms with Crippen LogP contribution in [0.25, 0.3) is 0 Å². The van der Waals surface area contributed by atoms with Gasteiger partial charge in [-0.3, -0.25) is 0 Å². The highest BCUT2D eigenvalue weighted by Gasteiger charge is 2.25. The fourth-order valence-electron chi connectivity index (χ4n) is 1.58. The van der Waals surface area contributed by atoms with Crippen LogP contribution in [-0.2, 0) is 0 Å². The van der Waals surface area contributed by atoms with E-state index in [1.807, 2.05) is 25.1 Å². The number of hydrogen-bond donors (Lipinski definition) is 1. The fourth-order valence-corrected chi connectivity index (χ4v) is 1.58. The summed E-state index contributed by atoms with van der Waals surface area (Å²) in [4.78, 5) is 0. The summed E-state index contributed by atoms with van der Waals surface area (Å²) in [6.07, 6.45) is -0.212. The molecule has 1 heterocycles. The summed E-state index contributed by atoms with van der Waals surface area (Å²) >= 11 is 0. The third-order valence-electron chi connectivity index (χ3n) is 2.42. The van der Waals surface area contributed by atoms with Crippen molar-refractivity contribution >= 4 is 0 Å². The molecule has 0 radical (unpaired) electrons. The van der Waals surface area contributed by atoms with Crippen LogP contribution in [0.4, 0.5) is 0 Å². The van der Waals surface area contributed by atoms with Gasteiger partial charge in [-0.05, 0) is 45.4 Å². The van der Waals surface area contributed by atoms with Gasteiger partial charge in [-0.2, -0.15) is 0 Å². The summed E-state index contributed by atoms with van der Waals surface area (Å²) in [5.41, 5.74) is 1.27. The molecule has 1 unspecified atom stereocenters. The van der Waals surface area contributed by atoms with Crippen LogP contribution in [0.3, 0.4) is 0 Å². The zero-order chi connectivity index (χ0) is 11.8. The Morgan fingerprint density at radius 3 is 2.56 bits per heavy atom. The van der Waals surface area contributed by atoms with Crippen LogP contribution in [0.1, 0.15) is 26.3 Å². The van der Waals surface area contributed by atoms with Gasteiger partial charge in [0.25, 0.3) is 6.29 Å². The standard InChI is InChI=1S/C13H19NO2/c1-9-5-6-10-11(7-9)16-12(15-10)8-14-13(2,3)4/h5-7,12,14H,8H2,1-4H3. The lowest BCUT2D eigenvalue weighted by molar-refractivity contribution is 0.0442. The molecule has 1 aromatic rings. The predicted molar refractivity (Wildman–Crippen MR) is 64.0 cm³/mol. The molecule has 0 amide bonds. The van der Waals surface area contributed by atoms with Gasteiger partial charge in [0.15, 0.2) is 11.5 Å². The van der Waals surface area contributed by atoms with Gasteiger partial charge in [0, 0.05) is 5.54 Å². The number of fused-ring (bicyclic) bond motifs is 1. The lowest BCUT2D eigenvalue weighted by Crippen LogP contribution is -2.43. The fraction of sp³-hybridized carbons (Fsp3) is 0.538. The molecule has 3 heteroatoms. The van der Waals surface area contributed by atoms with Gasteiger partial charge in [0.2, 0.25) is 0 Å². The van der Waals surface area contributed by atoms with Crippen molar-refractivity contribution in [2.75, 3.05) is 6.54 Å². The van der Waals surface area contributed by atoms with E-state index in [1.54, 1.807) is 0 Å². The highest BCUT2D eigenvalue weighted by atomic mass is 16.7. The van der Waals surface area contributed by atoms with E-state index >= 15 is 0 Å². The monoisotopic (exact) mass is 221 g/mol. The normalized spacial score (nSPS) is 18.9. The third-order valence-corrected chi connectivity index (χ3v) is 2.42. The first-order valence-electron chi connectivity index (χ1n) is 5.63. The molecule has 0 spiro atoms. The maximum Gasteiger partial charge on any atom is 0.253 e. The second kappa shape index (κ2) is 3.98. The first-order chi connectivity index (χ1) is 7.44. The molecule has 0 fully saturated rings. The Labute approximate surface area is 96.8 Å². The van der Waals surface area contributed by atoms with Crippen molar-refractivity contribution in [1.29, 1.82) is 0 Å². The molecule has 16 heavy (non-hydrogen) atoms. The molecule has 1 N–H and O–H groups in total. The topological polar surface area (TPSA) is 30.5 Å². The summed E-state index contributed by atoms with van der Waals surface area (Å²) in [5, 5.41) is 3.36. The largest absolute Gasteiger partial charge is 0.450 e. The lowest BCUT2D eigenvalue weighted by Gasteiger charge is -2.22. The summed E-state index contributed by atoms with van der Waals surface area (Å²) < 4.78 is 11.4. The Balaban J connectivity index is 1.95. The van der Waals surface area contributed by atoms with E-state index < -0.39 is 0 Å². The Kier molecular flexibility index (Phi) is 2.80. The molecule has 1 aliphatic heterocycles. The van der Waals surface area contributed by atoms with Crippen molar-refractivity contribution in [2.24, 2.45) is 0 Å². The van der Waals surface area contributed by atoms with Gasteiger partial charge in [-0.15, -0.1) is 0 Å². The SMILES string of the molecule is Cc1ccc2c(c1)OC(CNC(C)(C)C)O2. The maximum absolute atomic E-state index is 5.70. The molecule has 0 bridgehead atoms. The van der Waals surface area contributed by atoms with E-state index in [1.165, 1.54) is 5.56 Å². The first kappa shape index (κ1) is 11.3. The number of benzene rings is 1. The van der Waals surface area contributed by atoms with E-state index in [0.29, 0.717) is 6.54 Å². The average Bonchev–Trinajstić information content (AvgIpc) is 2.55. The van der Waals surface area contributed by atoms with E-state index in [4.69, 9.17) is 9.47 Å². The van der Waals surface area contributed by atoms with Gasteiger partial charge in [-0.25, -0.2) is 0 Å². The molecular weight excluding hydrogens is 202 g/mol. The number of rotatable bonds is 2. The Morgan fingerprint density at radius 2 is 1.88 bits per heavy atom. The second-order valence-corrected chi connectivity index (χ2v) is 5.25. The Bertz CT molecular complexity index is 382. The minimum absolute atomic E-state index is 0.0808. The van der Waals surface area contributed by atoms with Gasteiger partial charge in [0.05, 0.1) is 6.54 Å². The molecule has 1 aliphatic rings. The Morgan fingerprint density at radius 1 is 1.19 bits per heavy atom. The molecule has 2 rings (SSSR count). The zero-order valence-electron chi connectivity index (χ0n) is 10.3. The first-order valence-corrected chi connectivity index (χ1v) is 5.63. The van der Waals surface area contributed by atoms with Crippen LogP contribution < -0.4 is 14.8 Å². The maximum atomic E-state index is 5.70. The van der Waals surface area contributed by atoms with Crippen molar-refractivity contribution in [1.82, 2.24) is 5.32 Å². The van der Waals surface area contributed by atoms with Gasteiger partial charge < -0.3 is 14.8 Å². The molecule has 0 saturated carbocycles. The molecule has 1 aromatic carbocycles. The van der Waals surface area contributed by atoms with Crippen LogP contribution in [0, 0.1) is 6.92 Å². The summed E-state index contributed by atoms with van der Waals surface area (Å²) in [6, 6.07) is 6.00. The molecule has 3 nitrogen and oxygen atoms in total. The zero-order valence-corrected chi connectivity index (χ0v) is 10.3. The minimum Gasteiger partial charge on any atom is -0.450 e. The van der Waals surface area contributed by atoms with Gasteiger partial charge >= 0.3 is 0 Å². The quantitative estimate of drug-likeness (QED) is 0.832. The van der Waals surface area contributed by atoms with Crippen molar-refractivity contribution in [3.8, 4) is 11.5 Å². The summed E-state index contributed by atoms with van der Waals surface area (Å²) in [7, 11) is 0. The van der Waals surface area contributed by atoms with E-state index in [9.17, 15) is 0 Å². The number of hydrogen-bond acceptors (Lipinski definition) is 3. The van der Waals surface area contributed by atoms with Crippen molar-refractivity contribution < 1.29 is 9.47 Å². The molecule has 0 aliphatic carbocycles. The third kappa shape index (κ3) is 2.67. The molecule has 0 aromatic heterocycles. The number of ether oxygens (including phenoxy) is 2. The average molecular weight is 221 g/mol. The summed E-state index contributed by atoms with van der Waals surface area (Å²) in [6.45, 7) is 9.11. The lowest BCUT2D eigenvalue weighted by atomic mass is 10.1. The van der Waals surface area contributed by atoms with Gasteiger partial charge in [-0.1, -0.05) is 6.07 Å². The van der Waals surface area contributed by atoms with Crippen molar-refractivity contribution in [3.05, 3.63) is 23.8 Å².